The van der Waals surface area contributed by atoms with Gasteiger partial charge in [-0.25, -0.2) is 0 Å². The summed E-state index contributed by atoms with van der Waals surface area (Å²) >= 11 is 1.58. The van der Waals surface area contributed by atoms with Crippen molar-refractivity contribution in [2.24, 2.45) is 0 Å². The smallest absolute Gasteiger partial charge is 0.303 e. The third-order valence-electron chi connectivity index (χ3n) is 2.47. The minimum atomic E-state index is -0.846. The molecule has 4 nitrogen and oxygen atoms in total. The second-order valence-electron chi connectivity index (χ2n) is 4.14. The number of carboxylic acid groups (broad SMARTS) is 1. The maximum absolute atomic E-state index is 11.6. The summed E-state index contributed by atoms with van der Waals surface area (Å²) in [6.45, 7) is 3.79. The minimum Gasteiger partial charge on any atom is -0.481 e. The van der Waals surface area contributed by atoms with E-state index in [4.69, 9.17) is 5.11 Å². The van der Waals surface area contributed by atoms with Gasteiger partial charge in [0.2, 0.25) is 5.91 Å². The standard InChI is InChI=1S/C13H17NO3S/c1-9-7-8-18-11(9)4-5-12(15)14-10(2)3-6-13(16)17/h4-5,7-8,10H,3,6H2,1-2H3,(H,14,15)(H,16,17). The number of amides is 1. The van der Waals surface area contributed by atoms with E-state index in [1.165, 1.54) is 6.08 Å². The Morgan fingerprint density at radius 1 is 1.56 bits per heavy atom. The minimum absolute atomic E-state index is 0.0647. The second-order valence-corrected chi connectivity index (χ2v) is 5.09. The number of rotatable bonds is 6. The van der Waals surface area contributed by atoms with Gasteiger partial charge in [0.1, 0.15) is 0 Å². The summed E-state index contributed by atoms with van der Waals surface area (Å²) in [7, 11) is 0. The molecule has 0 bridgehead atoms. The average Bonchev–Trinajstić information content (AvgIpc) is 2.69. The maximum atomic E-state index is 11.6. The lowest BCUT2D eigenvalue weighted by atomic mass is 10.2. The van der Waals surface area contributed by atoms with Crippen molar-refractivity contribution in [1.82, 2.24) is 5.32 Å². The highest BCUT2D eigenvalue weighted by atomic mass is 32.1. The highest BCUT2D eigenvalue weighted by Crippen LogP contribution is 2.16. The first-order valence-electron chi connectivity index (χ1n) is 5.73. The third-order valence-corrected chi connectivity index (χ3v) is 3.45. The van der Waals surface area contributed by atoms with E-state index in [0.717, 1.165) is 10.4 Å². The Balaban J connectivity index is 2.39. The summed E-state index contributed by atoms with van der Waals surface area (Å²) in [6.07, 6.45) is 3.76. The summed E-state index contributed by atoms with van der Waals surface area (Å²) in [5.41, 5.74) is 1.14. The van der Waals surface area contributed by atoms with Crippen LogP contribution >= 0.6 is 11.3 Å². The number of carboxylic acids is 1. The van der Waals surface area contributed by atoms with Gasteiger partial charge in [-0.3, -0.25) is 9.59 Å². The quantitative estimate of drug-likeness (QED) is 0.778. The summed E-state index contributed by atoms with van der Waals surface area (Å²) < 4.78 is 0. The van der Waals surface area contributed by atoms with Gasteiger partial charge in [-0.05, 0) is 43.4 Å². The Kier molecular flexibility index (Phi) is 5.58. The van der Waals surface area contributed by atoms with Gasteiger partial charge in [0.15, 0.2) is 0 Å². The molecular weight excluding hydrogens is 250 g/mol. The lowest BCUT2D eigenvalue weighted by Crippen LogP contribution is -2.31. The molecule has 98 valence electrons. The molecule has 0 aliphatic heterocycles. The summed E-state index contributed by atoms with van der Waals surface area (Å²) in [4.78, 5) is 23.0. The zero-order valence-electron chi connectivity index (χ0n) is 10.5. The van der Waals surface area contributed by atoms with Crippen LogP contribution in [0.1, 0.15) is 30.2 Å². The molecule has 18 heavy (non-hydrogen) atoms. The summed E-state index contributed by atoms with van der Waals surface area (Å²) in [6, 6.07) is 1.86. The molecule has 0 fully saturated rings. The summed E-state index contributed by atoms with van der Waals surface area (Å²) in [5.74, 6) is -1.04. The predicted molar refractivity (Wildman–Crippen MR) is 72.6 cm³/mol. The van der Waals surface area contributed by atoms with Gasteiger partial charge in [0, 0.05) is 23.4 Å². The molecule has 5 heteroatoms. The zero-order valence-corrected chi connectivity index (χ0v) is 11.3. The van der Waals surface area contributed by atoms with E-state index in [9.17, 15) is 9.59 Å². The van der Waals surface area contributed by atoms with Gasteiger partial charge in [-0.2, -0.15) is 0 Å². The molecule has 0 saturated carbocycles. The molecule has 1 aromatic rings. The number of nitrogens with one attached hydrogen (secondary N) is 1. The molecule has 1 amide bonds. The van der Waals surface area contributed by atoms with Gasteiger partial charge >= 0.3 is 5.97 Å². The Hall–Kier alpha value is -1.62. The van der Waals surface area contributed by atoms with Crippen LogP contribution in [0.25, 0.3) is 6.08 Å². The highest BCUT2D eigenvalue weighted by Gasteiger charge is 2.07. The molecule has 1 unspecified atom stereocenters. The third kappa shape index (κ3) is 5.14. The van der Waals surface area contributed by atoms with E-state index in [1.54, 1.807) is 24.3 Å². The Bertz CT molecular complexity index is 451. The molecule has 0 aliphatic carbocycles. The van der Waals surface area contributed by atoms with E-state index in [1.807, 2.05) is 18.4 Å². The van der Waals surface area contributed by atoms with Crippen LogP contribution in [-0.4, -0.2) is 23.0 Å². The fraction of sp³-hybridized carbons (Fsp3) is 0.385. The highest BCUT2D eigenvalue weighted by molar-refractivity contribution is 7.11. The van der Waals surface area contributed by atoms with Crippen molar-refractivity contribution < 1.29 is 14.7 Å². The van der Waals surface area contributed by atoms with Crippen molar-refractivity contribution >= 4 is 29.3 Å². The molecular formula is C13H17NO3S. The van der Waals surface area contributed by atoms with E-state index >= 15 is 0 Å². The number of hydrogen-bond donors (Lipinski definition) is 2. The lowest BCUT2D eigenvalue weighted by molar-refractivity contribution is -0.137. The topological polar surface area (TPSA) is 66.4 Å². The maximum Gasteiger partial charge on any atom is 0.303 e. The van der Waals surface area contributed by atoms with Crippen LogP contribution < -0.4 is 5.32 Å². The first-order valence-corrected chi connectivity index (χ1v) is 6.61. The van der Waals surface area contributed by atoms with Gasteiger partial charge < -0.3 is 10.4 Å². The van der Waals surface area contributed by atoms with E-state index < -0.39 is 5.97 Å². The van der Waals surface area contributed by atoms with Gasteiger partial charge in [-0.1, -0.05) is 0 Å². The predicted octanol–water partition coefficient (Wildman–Crippen LogP) is 2.44. The van der Waals surface area contributed by atoms with Crippen LogP contribution in [0.2, 0.25) is 0 Å². The van der Waals surface area contributed by atoms with Crippen molar-refractivity contribution in [1.29, 1.82) is 0 Å². The molecule has 1 rings (SSSR count). The molecule has 2 N–H and O–H groups in total. The average molecular weight is 267 g/mol. The van der Waals surface area contributed by atoms with E-state index in [-0.39, 0.29) is 18.4 Å². The molecule has 0 aromatic carbocycles. The number of aliphatic carboxylic acids is 1. The Morgan fingerprint density at radius 2 is 2.28 bits per heavy atom. The fourth-order valence-corrected chi connectivity index (χ4v) is 2.23. The van der Waals surface area contributed by atoms with Crippen LogP contribution in [0, 0.1) is 6.92 Å². The van der Waals surface area contributed by atoms with Crippen molar-refractivity contribution in [3.05, 3.63) is 28.0 Å². The van der Waals surface area contributed by atoms with Crippen LogP contribution in [0.4, 0.5) is 0 Å². The van der Waals surface area contributed by atoms with Gasteiger partial charge in [0.05, 0.1) is 0 Å². The Morgan fingerprint density at radius 3 is 2.83 bits per heavy atom. The normalized spacial score (nSPS) is 12.6. The number of carbonyl (C=O) groups is 2. The lowest BCUT2D eigenvalue weighted by Gasteiger charge is -2.10. The van der Waals surface area contributed by atoms with Crippen LogP contribution in [0.15, 0.2) is 17.5 Å². The molecule has 0 aliphatic rings. The second kappa shape index (κ2) is 6.96. The van der Waals surface area contributed by atoms with Crippen LogP contribution in [0.3, 0.4) is 0 Å². The molecule has 1 atom stereocenters. The van der Waals surface area contributed by atoms with Crippen LogP contribution in [-0.2, 0) is 9.59 Å². The van der Waals surface area contributed by atoms with Crippen molar-refractivity contribution in [3.63, 3.8) is 0 Å². The van der Waals surface area contributed by atoms with Gasteiger partial charge in [-0.15, -0.1) is 11.3 Å². The first kappa shape index (κ1) is 14.4. The molecule has 0 saturated heterocycles. The zero-order chi connectivity index (χ0) is 13.5. The van der Waals surface area contributed by atoms with Crippen molar-refractivity contribution in [3.8, 4) is 0 Å². The van der Waals surface area contributed by atoms with E-state index in [0.29, 0.717) is 6.42 Å². The molecule has 1 aromatic heterocycles. The van der Waals surface area contributed by atoms with E-state index in [2.05, 4.69) is 5.32 Å². The number of hydrogen-bond acceptors (Lipinski definition) is 3. The largest absolute Gasteiger partial charge is 0.481 e. The monoisotopic (exact) mass is 267 g/mol. The van der Waals surface area contributed by atoms with Gasteiger partial charge in [0.25, 0.3) is 0 Å². The fourth-order valence-electron chi connectivity index (χ4n) is 1.41. The number of thiophene rings is 1. The molecule has 0 radical (unpaired) electrons. The van der Waals surface area contributed by atoms with Crippen molar-refractivity contribution in [2.75, 3.05) is 0 Å². The number of aryl methyl sites for hydroxylation is 1. The first-order chi connectivity index (χ1) is 8.49. The van der Waals surface area contributed by atoms with Crippen molar-refractivity contribution in [2.45, 2.75) is 32.7 Å². The Labute approximate surface area is 110 Å². The molecule has 0 spiro atoms. The SMILES string of the molecule is Cc1ccsc1C=CC(=O)NC(C)CCC(=O)O. The number of carbonyl (C=O) groups excluding carboxylic acids is 1. The molecule has 1 heterocycles. The van der Waals surface area contributed by atoms with Crippen LogP contribution in [0.5, 0.6) is 0 Å². The summed E-state index contributed by atoms with van der Waals surface area (Å²) in [5, 5.41) is 13.2.